The van der Waals surface area contributed by atoms with E-state index in [2.05, 4.69) is 36.7 Å². The van der Waals surface area contributed by atoms with Gasteiger partial charge in [-0.1, -0.05) is 6.58 Å². The molecule has 4 aromatic heterocycles. The predicted molar refractivity (Wildman–Crippen MR) is 152 cm³/mol. The molecule has 1 unspecified atom stereocenters. The van der Waals surface area contributed by atoms with Crippen molar-refractivity contribution in [1.29, 1.82) is 0 Å². The summed E-state index contributed by atoms with van der Waals surface area (Å²) in [5.74, 6) is 0.818. The van der Waals surface area contributed by atoms with Gasteiger partial charge in [-0.25, -0.2) is 28.8 Å². The minimum absolute atomic E-state index is 0.0867. The van der Waals surface area contributed by atoms with Gasteiger partial charge in [-0.05, 0) is 49.8 Å². The van der Waals surface area contributed by atoms with Crippen LogP contribution in [-0.2, 0) is 9.53 Å². The summed E-state index contributed by atoms with van der Waals surface area (Å²) in [7, 11) is 3.25. The lowest BCUT2D eigenvalue weighted by Gasteiger charge is -2.15. The number of aromatic nitrogens is 6. The van der Waals surface area contributed by atoms with E-state index < -0.39 is 5.82 Å². The molecule has 1 aliphatic rings. The highest BCUT2D eigenvalue weighted by atomic mass is 19.1. The van der Waals surface area contributed by atoms with Gasteiger partial charge in [0.05, 0.1) is 11.2 Å². The number of methoxy groups -OCH3 is 1. The van der Waals surface area contributed by atoms with Gasteiger partial charge in [0.2, 0.25) is 5.91 Å². The Kier molecular flexibility index (Phi) is 8.11. The number of benzene rings is 1. The highest BCUT2D eigenvalue weighted by molar-refractivity contribution is 5.88. The molecule has 1 N–H and O–H groups in total. The van der Waals surface area contributed by atoms with Crippen LogP contribution in [0.3, 0.4) is 0 Å². The lowest BCUT2D eigenvalue weighted by Crippen LogP contribution is -2.26. The van der Waals surface area contributed by atoms with Crippen molar-refractivity contribution in [3.05, 3.63) is 85.0 Å². The summed E-state index contributed by atoms with van der Waals surface area (Å²) in [6.07, 6.45) is 6.71. The summed E-state index contributed by atoms with van der Waals surface area (Å²) in [6.45, 7) is 6.44. The summed E-state index contributed by atoms with van der Waals surface area (Å²) >= 11 is 0. The maximum atomic E-state index is 15.5. The number of amides is 1. The van der Waals surface area contributed by atoms with Crippen molar-refractivity contribution in [2.24, 2.45) is 0 Å². The molecule has 12 heteroatoms. The van der Waals surface area contributed by atoms with Gasteiger partial charge in [-0.15, -0.1) is 0 Å². The lowest BCUT2D eigenvalue weighted by atomic mass is 10.0. The number of nitrogens with one attached hydrogen (secondary N) is 1. The van der Waals surface area contributed by atoms with E-state index in [1.165, 1.54) is 18.7 Å². The second kappa shape index (κ2) is 12.0. The number of pyridine rings is 2. The zero-order valence-electron chi connectivity index (χ0n) is 22.9. The SMILES string of the molecule is C=CC(=O)N1CCC(c2ccc3ncnc(Nc4ccc(Oc5ccn6ncnc6c5)c(C)c4F)c3n2)C1.COC. The molecular weight excluding hydrogens is 527 g/mol. The van der Waals surface area contributed by atoms with Gasteiger partial charge >= 0.3 is 0 Å². The first-order valence-corrected chi connectivity index (χ1v) is 12.9. The molecular formula is C29H29FN8O3. The van der Waals surface area contributed by atoms with Crippen molar-refractivity contribution >= 4 is 34.1 Å². The van der Waals surface area contributed by atoms with Crippen LogP contribution in [0.2, 0.25) is 0 Å². The number of rotatable bonds is 6. The van der Waals surface area contributed by atoms with Gasteiger partial charge in [0.25, 0.3) is 0 Å². The molecule has 1 aromatic carbocycles. The maximum Gasteiger partial charge on any atom is 0.245 e. The molecule has 1 atom stereocenters. The van der Waals surface area contributed by atoms with Crippen LogP contribution in [0.25, 0.3) is 16.7 Å². The highest BCUT2D eigenvalue weighted by Gasteiger charge is 2.27. The van der Waals surface area contributed by atoms with E-state index in [1.807, 2.05) is 12.1 Å². The van der Waals surface area contributed by atoms with E-state index in [9.17, 15) is 4.79 Å². The number of carbonyl (C=O) groups excluding carboxylic acids is 1. The molecule has 1 saturated heterocycles. The maximum absolute atomic E-state index is 15.5. The lowest BCUT2D eigenvalue weighted by molar-refractivity contribution is -0.125. The first-order chi connectivity index (χ1) is 19.9. The Labute approximate surface area is 235 Å². The van der Waals surface area contributed by atoms with Crippen LogP contribution in [0.5, 0.6) is 11.5 Å². The third-order valence-electron chi connectivity index (χ3n) is 6.67. The Hall–Kier alpha value is -4.97. The van der Waals surface area contributed by atoms with Crippen molar-refractivity contribution in [3.8, 4) is 11.5 Å². The van der Waals surface area contributed by atoms with Crippen LogP contribution in [0.4, 0.5) is 15.9 Å². The van der Waals surface area contributed by atoms with E-state index in [0.29, 0.717) is 52.7 Å². The molecule has 11 nitrogen and oxygen atoms in total. The third-order valence-corrected chi connectivity index (χ3v) is 6.67. The Morgan fingerprint density at radius 1 is 1.15 bits per heavy atom. The monoisotopic (exact) mass is 556 g/mol. The number of hydrogen-bond acceptors (Lipinski definition) is 9. The molecule has 5 heterocycles. The van der Waals surface area contributed by atoms with E-state index in [-0.39, 0.29) is 17.5 Å². The Bertz CT molecular complexity index is 1720. The summed E-state index contributed by atoms with van der Waals surface area (Å²) in [5.41, 5.74) is 3.18. The number of halogens is 1. The quantitative estimate of drug-likeness (QED) is 0.294. The van der Waals surface area contributed by atoms with Crippen molar-refractivity contribution in [2.45, 2.75) is 19.3 Å². The van der Waals surface area contributed by atoms with Crippen molar-refractivity contribution in [3.63, 3.8) is 0 Å². The van der Waals surface area contributed by atoms with Gasteiger partial charge in [0, 0.05) is 56.7 Å². The van der Waals surface area contributed by atoms with Crippen LogP contribution in [-0.4, -0.2) is 67.7 Å². The van der Waals surface area contributed by atoms with Crippen LogP contribution >= 0.6 is 0 Å². The molecule has 6 rings (SSSR count). The fourth-order valence-corrected chi connectivity index (χ4v) is 4.59. The molecule has 0 radical (unpaired) electrons. The molecule has 5 aromatic rings. The number of hydrogen-bond donors (Lipinski definition) is 1. The van der Waals surface area contributed by atoms with Crippen LogP contribution in [0.1, 0.15) is 23.6 Å². The van der Waals surface area contributed by atoms with Crippen LogP contribution in [0, 0.1) is 12.7 Å². The Balaban J connectivity index is 0.00000108. The van der Waals surface area contributed by atoms with Crippen molar-refractivity contribution in [2.75, 3.05) is 32.6 Å². The second-order valence-electron chi connectivity index (χ2n) is 9.41. The number of likely N-dealkylation sites (tertiary alicyclic amines) is 1. The van der Waals surface area contributed by atoms with E-state index >= 15 is 4.39 Å². The number of carbonyl (C=O) groups is 1. The predicted octanol–water partition coefficient (Wildman–Crippen LogP) is 4.82. The minimum Gasteiger partial charge on any atom is -0.457 e. The van der Waals surface area contributed by atoms with Gasteiger partial charge in [0.15, 0.2) is 17.3 Å². The molecule has 0 spiro atoms. The second-order valence-corrected chi connectivity index (χ2v) is 9.41. The first-order valence-electron chi connectivity index (χ1n) is 12.9. The van der Waals surface area contributed by atoms with Gasteiger partial charge < -0.3 is 19.7 Å². The van der Waals surface area contributed by atoms with E-state index in [0.717, 1.165) is 12.1 Å². The summed E-state index contributed by atoms with van der Waals surface area (Å²) in [4.78, 5) is 31.3. The normalized spacial score (nSPS) is 14.5. The zero-order valence-corrected chi connectivity index (χ0v) is 22.9. The van der Waals surface area contributed by atoms with Gasteiger partial charge in [0.1, 0.15) is 29.7 Å². The van der Waals surface area contributed by atoms with Crippen molar-refractivity contribution in [1.82, 2.24) is 34.4 Å². The molecule has 1 amide bonds. The fraction of sp³-hybridized carbons (Fsp3) is 0.241. The summed E-state index contributed by atoms with van der Waals surface area (Å²) in [5, 5.41) is 7.14. The van der Waals surface area contributed by atoms with E-state index in [4.69, 9.17) is 9.72 Å². The molecule has 1 aliphatic heterocycles. The Morgan fingerprint density at radius 2 is 1.98 bits per heavy atom. The first kappa shape index (κ1) is 27.6. The molecule has 0 aliphatic carbocycles. The zero-order chi connectivity index (χ0) is 28.9. The molecule has 210 valence electrons. The standard InChI is InChI=1S/C27H23FN8O2.C2H6O/c1-3-24(37)35-10-8-17(13-35)19-4-5-21-26(33-19)27(31-14-29-21)34-20-6-7-22(16(2)25(20)28)38-18-9-11-36-23(12-18)30-15-32-36;1-3-2/h3-7,9,11-12,14-15,17H,1,8,10,13H2,2H3,(H,29,31,34);1-2H3. The summed E-state index contributed by atoms with van der Waals surface area (Å²) in [6, 6.07) is 10.5. The number of ether oxygens (including phenoxy) is 2. The minimum atomic E-state index is -0.469. The molecule has 1 fully saturated rings. The largest absolute Gasteiger partial charge is 0.457 e. The third kappa shape index (κ3) is 5.82. The molecule has 0 bridgehead atoms. The van der Waals surface area contributed by atoms with E-state index in [1.54, 1.807) is 61.0 Å². The highest BCUT2D eigenvalue weighted by Crippen LogP contribution is 2.33. The number of nitrogens with zero attached hydrogens (tertiary/aromatic N) is 7. The number of fused-ring (bicyclic) bond motifs is 2. The molecule has 0 saturated carbocycles. The smallest absolute Gasteiger partial charge is 0.245 e. The van der Waals surface area contributed by atoms with Gasteiger partial charge in [-0.2, -0.15) is 5.10 Å². The average Bonchev–Trinajstić information content (AvgIpc) is 3.67. The summed E-state index contributed by atoms with van der Waals surface area (Å²) < 4.78 is 27.2. The Morgan fingerprint density at radius 3 is 2.78 bits per heavy atom. The van der Waals surface area contributed by atoms with Crippen LogP contribution in [0.15, 0.2) is 67.9 Å². The molecule has 41 heavy (non-hydrogen) atoms. The van der Waals surface area contributed by atoms with Crippen LogP contribution < -0.4 is 10.1 Å². The van der Waals surface area contributed by atoms with Crippen molar-refractivity contribution < 1.29 is 18.7 Å². The topological polar surface area (TPSA) is 120 Å². The van der Waals surface area contributed by atoms with Gasteiger partial charge in [-0.3, -0.25) is 4.79 Å². The number of anilines is 2. The fourth-order valence-electron chi connectivity index (χ4n) is 4.59. The average molecular weight is 557 g/mol.